The molecule has 1 fully saturated rings. The fourth-order valence-electron chi connectivity index (χ4n) is 1.08. The third-order valence-electron chi connectivity index (χ3n) is 2.11. The number of hydrogen-bond acceptors (Lipinski definition) is 0. The van der Waals surface area contributed by atoms with Gasteiger partial charge in [-0.3, -0.25) is 0 Å². The van der Waals surface area contributed by atoms with Crippen molar-refractivity contribution in [2.24, 2.45) is 0 Å². The first-order valence-corrected chi connectivity index (χ1v) is 9.15. The summed E-state index contributed by atoms with van der Waals surface area (Å²) < 4.78 is 0.560. The first-order chi connectivity index (χ1) is 4.21. The maximum Gasteiger partial charge on any atom is 0.0944 e. The minimum absolute atomic E-state index is 0.192. The summed E-state index contributed by atoms with van der Waals surface area (Å²) >= 11 is 11.1. The minimum Gasteiger partial charge on any atom is -0.0864 e. The smallest absolute Gasteiger partial charge is 0.0864 e. The lowest BCUT2D eigenvalue weighted by molar-refractivity contribution is 1.27. The first kappa shape index (κ1) is 9.74. The summed E-state index contributed by atoms with van der Waals surface area (Å²) in [6, 6.07) is 0. The molecule has 10 heavy (non-hydrogen) atoms. The zero-order valence-corrected chi connectivity index (χ0v) is 12.1. The molecule has 0 bridgehead atoms. The molecule has 0 aromatic carbocycles. The lowest BCUT2D eigenvalue weighted by Gasteiger charge is -2.25. The summed E-state index contributed by atoms with van der Waals surface area (Å²) in [6.45, 7) is 7.14. The van der Waals surface area contributed by atoms with E-state index in [1.165, 1.54) is 6.42 Å². The quantitative estimate of drug-likeness (QED) is 0.497. The zero-order chi connectivity index (χ0) is 8.21. The van der Waals surface area contributed by atoms with Gasteiger partial charge in [0.05, 0.1) is 11.3 Å². The molecule has 0 radical (unpaired) electrons. The standard InChI is InChI=1S/C6H11Br3Si/c1-10(2,3)6(9)4-5(6,7)8/h4H2,1-3H3. The molecule has 0 aromatic heterocycles. The lowest BCUT2D eigenvalue weighted by atomic mass is 10.9. The van der Waals surface area contributed by atoms with Crippen LogP contribution in [0.5, 0.6) is 0 Å². The monoisotopic (exact) mass is 348 g/mol. The molecule has 0 heterocycles. The van der Waals surface area contributed by atoms with Crippen molar-refractivity contribution in [2.45, 2.75) is 33.2 Å². The highest BCUT2D eigenvalue weighted by Gasteiger charge is 2.69. The van der Waals surface area contributed by atoms with E-state index >= 15 is 0 Å². The average Bonchev–Trinajstić information content (AvgIpc) is 2.05. The van der Waals surface area contributed by atoms with E-state index in [1.54, 1.807) is 0 Å². The van der Waals surface area contributed by atoms with E-state index in [0.717, 1.165) is 0 Å². The molecule has 0 nitrogen and oxygen atoms in total. The Morgan fingerprint density at radius 1 is 1.10 bits per heavy atom. The molecule has 0 aromatic rings. The topological polar surface area (TPSA) is 0 Å². The van der Waals surface area contributed by atoms with Crippen LogP contribution in [0, 0.1) is 0 Å². The fourth-order valence-corrected chi connectivity index (χ4v) is 9.07. The largest absolute Gasteiger partial charge is 0.0944 e. The van der Waals surface area contributed by atoms with Crippen LogP contribution in [0.25, 0.3) is 0 Å². The second-order valence-corrected chi connectivity index (χ2v) is 15.1. The van der Waals surface area contributed by atoms with Gasteiger partial charge in [0.2, 0.25) is 0 Å². The first-order valence-electron chi connectivity index (χ1n) is 3.27. The van der Waals surface area contributed by atoms with Crippen molar-refractivity contribution >= 4 is 55.9 Å². The molecular formula is C6H11Br3Si. The van der Waals surface area contributed by atoms with Crippen LogP contribution in [-0.4, -0.2) is 15.3 Å². The summed E-state index contributed by atoms with van der Waals surface area (Å²) in [7, 11) is -1.06. The maximum absolute atomic E-state index is 3.80. The fraction of sp³-hybridized carbons (Fsp3) is 1.00. The van der Waals surface area contributed by atoms with Gasteiger partial charge in [-0.05, 0) is 6.42 Å². The van der Waals surface area contributed by atoms with Crippen molar-refractivity contribution in [1.82, 2.24) is 0 Å². The Labute approximate surface area is 88.5 Å². The van der Waals surface area contributed by atoms with E-state index in [0.29, 0.717) is 3.95 Å². The van der Waals surface area contributed by atoms with Crippen LogP contribution in [-0.2, 0) is 0 Å². The Bertz CT molecular complexity index is 161. The number of rotatable bonds is 1. The summed E-state index contributed by atoms with van der Waals surface area (Å²) in [5.74, 6) is 0. The zero-order valence-electron chi connectivity index (χ0n) is 6.34. The van der Waals surface area contributed by atoms with Gasteiger partial charge in [0.25, 0.3) is 0 Å². The van der Waals surface area contributed by atoms with Gasteiger partial charge in [-0.1, -0.05) is 67.4 Å². The van der Waals surface area contributed by atoms with Crippen molar-refractivity contribution in [3.8, 4) is 0 Å². The maximum atomic E-state index is 3.80. The van der Waals surface area contributed by atoms with Gasteiger partial charge in [0.1, 0.15) is 0 Å². The average molecular weight is 351 g/mol. The van der Waals surface area contributed by atoms with Gasteiger partial charge in [-0.25, -0.2) is 0 Å². The minimum atomic E-state index is -1.06. The van der Waals surface area contributed by atoms with Crippen molar-refractivity contribution in [1.29, 1.82) is 0 Å². The molecule has 0 N–H and O–H groups in total. The second-order valence-electron chi connectivity index (χ2n) is 3.93. The van der Waals surface area contributed by atoms with E-state index in [4.69, 9.17) is 0 Å². The van der Waals surface area contributed by atoms with E-state index in [9.17, 15) is 0 Å². The van der Waals surface area contributed by atoms with E-state index in [1.807, 2.05) is 0 Å². The Kier molecular flexibility index (Phi) is 2.27. The Hall–Kier alpha value is 1.66. The van der Waals surface area contributed by atoms with Crippen LogP contribution in [0.3, 0.4) is 0 Å². The van der Waals surface area contributed by atoms with E-state index in [2.05, 4.69) is 67.4 Å². The molecule has 1 aliphatic rings. The molecule has 0 saturated heterocycles. The third kappa shape index (κ3) is 1.29. The molecule has 60 valence electrons. The highest BCUT2D eigenvalue weighted by Crippen LogP contribution is 2.68. The molecule has 4 heteroatoms. The van der Waals surface area contributed by atoms with Crippen LogP contribution < -0.4 is 0 Å². The molecular weight excluding hydrogens is 340 g/mol. The molecule has 1 saturated carbocycles. The Morgan fingerprint density at radius 3 is 1.40 bits per heavy atom. The normalized spacial score (nSPS) is 37.8. The SMILES string of the molecule is C[Si](C)(C)C1(Br)CC1(Br)Br. The number of alkyl halides is 3. The van der Waals surface area contributed by atoms with Crippen LogP contribution in [0.4, 0.5) is 0 Å². The van der Waals surface area contributed by atoms with E-state index in [-0.39, 0.29) is 3.23 Å². The molecule has 1 rings (SSSR count). The van der Waals surface area contributed by atoms with Crippen LogP contribution in [0.2, 0.25) is 19.6 Å². The Balaban J connectivity index is 2.78. The summed E-state index contributed by atoms with van der Waals surface area (Å²) in [5, 5.41) is 0. The molecule has 0 spiro atoms. The van der Waals surface area contributed by atoms with Crippen molar-refractivity contribution in [2.75, 3.05) is 0 Å². The Morgan fingerprint density at radius 2 is 1.40 bits per heavy atom. The molecule has 1 atom stereocenters. The summed E-state index contributed by atoms with van der Waals surface area (Å²) in [5.41, 5.74) is 0. The highest BCUT2D eigenvalue weighted by molar-refractivity contribution is 9.26. The second kappa shape index (κ2) is 2.33. The van der Waals surface area contributed by atoms with Crippen molar-refractivity contribution in [3.05, 3.63) is 0 Å². The van der Waals surface area contributed by atoms with Gasteiger partial charge >= 0.3 is 0 Å². The molecule has 0 amide bonds. The van der Waals surface area contributed by atoms with Gasteiger partial charge in [0, 0.05) is 3.95 Å². The van der Waals surface area contributed by atoms with Crippen LogP contribution >= 0.6 is 47.8 Å². The predicted molar refractivity (Wildman–Crippen MR) is 60.2 cm³/mol. The lowest BCUT2D eigenvalue weighted by Crippen LogP contribution is -2.39. The number of halogens is 3. The van der Waals surface area contributed by atoms with E-state index < -0.39 is 8.07 Å². The molecule has 0 aliphatic heterocycles. The number of hydrogen-bond donors (Lipinski definition) is 0. The van der Waals surface area contributed by atoms with Gasteiger partial charge in [-0.2, -0.15) is 0 Å². The van der Waals surface area contributed by atoms with Crippen molar-refractivity contribution in [3.63, 3.8) is 0 Å². The third-order valence-corrected chi connectivity index (χ3v) is 13.3. The summed E-state index contributed by atoms with van der Waals surface area (Å²) in [6.07, 6.45) is 1.20. The van der Waals surface area contributed by atoms with Gasteiger partial charge in [-0.15, -0.1) is 0 Å². The molecule has 1 unspecified atom stereocenters. The predicted octanol–water partition coefficient (Wildman–Crippen LogP) is 3.89. The van der Waals surface area contributed by atoms with Gasteiger partial charge < -0.3 is 0 Å². The molecule has 1 aliphatic carbocycles. The summed E-state index contributed by atoms with van der Waals surface area (Å²) in [4.78, 5) is 0. The highest BCUT2D eigenvalue weighted by atomic mass is 79.9. The van der Waals surface area contributed by atoms with Gasteiger partial charge in [0.15, 0.2) is 0 Å². The van der Waals surface area contributed by atoms with Crippen LogP contribution in [0.1, 0.15) is 6.42 Å². The van der Waals surface area contributed by atoms with Crippen molar-refractivity contribution < 1.29 is 0 Å². The van der Waals surface area contributed by atoms with Crippen LogP contribution in [0.15, 0.2) is 0 Å².